The number of nitrogens with one attached hydrogen (secondary N) is 1. The van der Waals surface area contributed by atoms with E-state index in [4.69, 9.17) is 5.84 Å². The van der Waals surface area contributed by atoms with Gasteiger partial charge >= 0.3 is 0 Å². The van der Waals surface area contributed by atoms with E-state index >= 15 is 0 Å². The van der Waals surface area contributed by atoms with E-state index in [1.54, 1.807) is 7.05 Å². The van der Waals surface area contributed by atoms with Crippen molar-refractivity contribution in [3.05, 3.63) is 29.3 Å². The van der Waals surface area contributed by atoms with Gasteiger partial charge in [-0.05, 0) is 36.5 Å². The number of fused-ring (bicyclic) bond motifs is 1. The Bertz CT molecular complexity index is 497. The fourth-order valence-electron chi connectivity index (χ4n) is 2.21. The van der Waals surface area contributed by atoms with Crippen LogP contribution in [0.5, 0.6) is 0 Å². The molecule has 0 saturated carbocycles. The number of hydrogen-bond acceptors (Lipinski definition) is 3. The van der Waals surface area contributed by atoms with Gasteiger partial charge < -0.3 is 5.32 Å². The van der Waals surface area contributed by atoms with E-state index in [0.29, 0.717) is 12.8 Å². The zero-order valence-electron chi connectivity index (χ0n) is 11.1. The van der Waals surface area contributed by atoms with E-state index in [-0.39, 0.29) is 11.8 Å². The van der Waals surface area contributed by atoms with Crippen molar-refractivity contribution in [2.24, 2.45) is 5.84 Å². The second kappa shape index (κ2) is 5.84. The lowest BCUT2D eigenvalue weighted by Gasteiger charge is -2.17. The molecule has 2 amide bonds. The summed E-state index contributed by atoms with van der Waals surface area (Å²) >= 11 is 0. The van der Waals surface area contributed by atoms with Crippen LogP contribution in [0, 0.1) is 0 Å². The maximum atomic E-state index is 11.4. The largest absolute Gasteiger partial charge is 0.326 e. The Morgan fingerprint density at radius 2 is 2.21 bits per heavy atom. The number of hydrogen-bond donors (Lipinski definition) is 2. The molecule has 0 unspecified atom stereocenters. The number of benzene rings is 1. The van der Waals surface area contributed by atoms with E-state index in [9.17, 15) is 9.59 Å². The number of amides is 2. The Morgan fingerprint density at radius 3 is 2.95 bits per heavy atom. The molecule has 5 nitrogen and oxygen atoms in total. The average Bonchev–Trinajstić information content (AvgIpc) is 2.38. The Kier molecular flexibility index (Phi) is 4.16. The van der Waals surface area contributed by atoms with E-state index in [1.807, 2.05) is 12.1 Å². The first-order valence-electron chi connectivity index (χ1n) is 6.49. The number of nitrogens with zero attached hydrogens (tertiary/aromatic N) is 1. The maximum absolute atomic E-state index is 11.4. The molecule has 0 aliphatic carbocycles. The van der Waals surface area contributed by atoms with Gasteiger partial charge in [-0.2, -0.15) is 0 Å². The van der Waals surface area contributed by atoms with Crippen LogP contribution < -0.4 is 11.2 Å². The van der Waals surface area contributed by atoms with Gasteiger partial charge in [0.25, 0.3) is 0 Å². The van der Waals surface area contributed by atoms with Gasteiger partial charge in [0.05, 0.1) is 0 Å². The molecule has 1 aromatic carbocycles. The lowest BCUT2D eigenvalue weighted by Crippen LogP contribution is -2.32. The minimum atomic E-state index is -0.0507. The molecule has 1 aliphatic heterocycles. The quantitative estimate of drug-likeness (QED) is 0.486. The van der Waals surface area contributed by atoms with Crippen molar-refractivity contribution in [3.8, 4) is 0 Å². The molecule has 19 heavy (non-hydrogen) atoms. The molecule has 1 aliphatic rings. The van der Waals surface area contributed by atoms with Gasteiger partial charge in [-0.1, -0.05) is 12.1 Å². The standard InChI is InChI=1S/C14H19N3O2/c1-17(15)14(19)4-2-3-10-5-7-12-11(9-10)6-8-13(18)16-12/h5,7,9H,2-4,6,8,15H2,1H3,(H,16,18). The molecule has 0 bridgehead atoms. The van der Waals surface area contributed by atoms with Crippen molar-refractivity contribution < 1.29 is 9.59 Å². The molecule has 2 rings (SSSR count). The molecule has 3 N–H and O–H groups in total. The third kappa shape index (κ3) is 3.54. The highest BCUT2D eigenvalue weighted by atomic mass is 16.2. The molecular formula is C14H19N3O2. The highest BCUT2D eigenvalue weighted by Gasteiger charge is 2.14. The van der Waals surface area contributed by atoms with Crippen LogP contribution in [0.2, 0.25) is 0 Å². The van der Waals surface area contributed by atoms with Crippen LogP contribution in [-0.4, -0.2) is 23.9 Å². The predicted molar refractivity (Wildman–Crippen MR) is 73.3 cm³/mol. The monoisotopic (exact) mass is 261 g/mol. The zero-order valence-corrected chi connectivity index (χ0v) is 11.1. The molecule has 0 aromatic heterocycles. The molecule has 0 saturated heterocycles. The van der Waals surface area contributed by atoms with Crippen LogP contribution in [-0.2, 0) is 22.4 Å². The van der Waals surface area contributed by atoms with Crippen molar-refractivity contribution in [1.82, 2.24) is 5.01 Å². The van der Waals surface area contributed by atoms with Gasteiger partial charge in [-0.25, -0.2) is 5.84 Å². The average molecular weight is 261 g/mol. The van der Waals surface area contributed by atoms with E-state index in [2.05, 4.69) is 11.4 Å². The van der Waals surface area contributed by atoms with Crippen LogP contribution in [0.25, 0.3) is 0 Å². The smallest absolute Gasteiger partial charge is 0.236 e. The molecule has 0 radical (unpaired) electrons. The number of carbonyl (C=O) groups is 2. The third-order valence-corrected chi connectivity index (χ3v) is 3.31. The van der Waals surface area contributed by atoms with E-state index in [1.165, 1.54) is 11.1 Å². The summed E-state index contributed by atoms with van der Waals surface area (Å²) in [6, 6.07) is 6.06. The SMILES string of the molecule is CN(N)C(=O)CCCc1ccc2c(c1)CCC(=O)N2. The summed E-state index contributed by atoms with van der Waals surface area (Å²) in [6.07, 6.45) is 3.43. The first-order valence-corrected chi connectivity index (χ1v) is 6.49. The molecule has 0 spiro atoms. The van der Waals surface area contributed by atoms with E-state index in [0.717, 1.165) is 30.0 Å². The first-order chi connectivity index (χ1) is 9.06. The summed E-state index contributed by atoms with van der Waals surface area (Å²) in [6.45, 7) is 0. The van der Waals surface area contributed by atoms with Crippen LogP contribution in [0.3, 0.4) is 0 Å². The number of carbonyl (C=O) groups excluding carboxylic acids is 2. The van der Waals surface area contributed by atoms with Gasteiger partial charge in [0, 0.05) is 25.6 Å². The Hall–Kier alpha value is -1.88. The molecule has 1 heterocycles. The van der Waals surface area contributed by atoms with Gasteiger partial charge in [-0.3, -0.25) is 14.6 Å². The summed E-state index contributed by atoms with van der Waals surface area (Å²) < 4.78 is 0. The van der Waals surface area contributed by atoms with Crippen molar-refractivity contribution in [1.29, 1.82) is 0 Å². The lowest BCUT2D eigenvalue weighted by atomic mass is 9.98. The number of rotatable bonds is 4. The maximum Gasteiger partial charge on any atom is 0.236 e. The lowest BCUT2D eigenvalue weighted by molar-refractivity contribution is -0.130. The third-order valence-electron chi connectivity index (χ3n) is 3.31. The second-order valence-electron chi connectivity index (χ2n) is 4.90. The highest BCUT2D eigenvalue weighted by Crippen LogP contribution is 2.24. The summed E-state index contributed by atoms with van der Waals surface area (Å²) in [7, 11) is 1.56. The van der Waals surface area contributed by atoms with Crippen molar-refractivity contribution in [3.63, 3.8) is 0 Å². The Morgan fingerprint density at radius 1 is 1.42 bits per heavy atom. The minimum Gasteiger partial charge on any atom is -0.326 e. The summed E-state index contributed by atoms with van der Waals surface area (Å²) in [5.74, 6) is 5.39. The second-order valence-corrected chi connectivity index (χ2v) is 4.90. The fourth-order valence-corrected chi connectivity index (χ4v) is 2.21. The van der Waals surface area contributed by atoms with Crippen molar-refractivity contribution in [2.45, 2.75) is 32.1 Å². The molecule has 1 aromatic rings. The number of aryl methyl sites for hydroxylation is 2. The van der Waals surface area contributed by atoms with Crippen LogP contribution >= 0.6 is 0 Å². The van der Waals surface area contributed by atoms with Crippen molar-refractivity contribution >= 4 is 17.5 Å². The zero-order chi connectivity index (χ0) is 13.8. The summed E-state index contributed by atoms with van der Waals surface area (Å²) in [4.78, 5) is 22.6. The summed E-state index contributed by atoms with van der Waals surface area (Å²) in [5, 5.41) is 3.99. The van der Waals surface area contributed by atoms with Gasteiger partial charge in [0.15, 0.2) is 0 Å². The van der Waals surface area contributed by atoms with Gasteiger partial charge in [0.1, 0.15) is 0 Å². The minimum absolute atomic E-state index is 0.0507. The van der Waals surface area contributed by atoms with Crippen molar-refractivity contribution in [2.75, 3.05) is 12.4 Å². The normalized spacial score (nSPS) is 13.7. The molecule has 5 heteroatoms. The van der Waals surface area contributed by atoms with E-state index < -0.39 is 0 Å². The topological polar surface area (TPSA) is 75.4 Å². The molecule has 102 valence electrons. The van der Waals surface area contributed by atoms with Crippen LogP contribution in [0.1, 0.15) is 30.4 Å². The predicted octanol–water partition coefficient (Wildman–Crippen LogP) is 1.23. The molecule has 0 atom stereocenters. The number of anilines is 1. The Labute approximate surface area is 112 Å². The van der Waals surface area contributed by atoms with Gasteiger partial charge in [-0.15, -0.1) is 0 Å². The molecule has 0 fully saturated rings. The first kappa shape index (κ1) is 13.5. The van der Waals surface area contributed by atoms with Gasteiger partial charge in [0.2, 0.25) is 11.8 Å². The van der Waals surface area contributed by atoms with Crippen LogP contribution in [0.4, 0.5) is 5.69 Å². The Balaban J connectivity index is 1.92. The fraction of sp³-hybridized carbons (Fsp3) is 0.429. The number of nitrogens with two attached hydrogens (primary N) is 1. The molecular weight excluding hydrogens is 242 g/mol. The highest BCUT2D eigenvalue weighted by molar-refractivity contribution is 5.93. The number of hydrazine groups is 1. The summed E-state index contributed by atoms with van der Waals surface area (Å²) in [5.41, 5.74) is 3.29. The van der Waals surface area contributed by atoms with Crippen LogP contribution in [0.15, 0.2) is 18.2 Å².